The first-order chi connectivity index (χ1) is 11.8. The molecule has 0 bridgehead atoms. The number of hydrogen-bond donors (Lipinski definition) is 0. The van der Waals surface area contributed by atoms with Gasteiger partial charge in [0.15, 0.2) is 0 Å². The Bertz CT molecular complexity index is 932. The molecule has 1 aliphatic heterocycles. The molecule has 1 saturated heterocycles. The van der Waals surface area contributed by atoms with Gasteiger partial charge in [-0.25, -0.2) is 4.68 Å². The van der Waals surface area contributed by atoms with Gasteiger partial charge in [0, 0.05) is 0 Å². The van der Waals surface area contributed by atoms with Crippen LogP contribution < -0.4 is 0 Å². The molecule has 1 aliphatic rings. The molecule has 0 unspecified atom stereocenters. The van der Waals surface area contributed by atoms with Crippen LogP contribution in [0, 0.1) is 19.3 Å². The molecule has 0 radical (unpaired) electrons. The second-order valence-electron chi connectivity index (χ2n) is 8.20. The van der Waals surface area contributed by atoms with Crippen LogP contribution in [-0.4, -0.2) is 27.2 Å². The van der Waals surface area contributed by atoms with Crippen LogP contribution in [0.2, 0.25) is 0 Å². The Labute approximate surface area is 148 Å². The third-order valence-corrected chi connectivity index (χ3v) is 5.64. The van der Waals surface area contributed by atoms with E-state index in [-0.39, 0.29) is 17.1 Å². The van der Waals surface area contributed by atoms with Crippen LogP contribution in [0.15, 0.2) is 42.5 Å². The molecule has 0 saturated carbocycles. The third-order valence-electron chi connectivity index (χ3n) is 5.64. The average molecular weight is 335 g/mol. The Morgan fingerprint density at radius 3 is 2.44 bits per heavy atom. The van der Waals surface area contributed by atoms with Crippen LogP contribution in [0.3, 0.4) is 0 Å². The van der Waals surface area contributed by atoms with E-state index in [0.717, 1.165) is 17.6 Å². The van der Waals surface area contributed by atoms with Gasteiger partial charge >= 0.3 is 0 Å². The summed E-state index contributed by atoms with van der Waals surface area (Å²) < 4.78 is 8.18. The van der Waals surface area contributed by atoms with Gasteiger partial charge in [-0.2, -0.15) is 0 Å². The maximum atomic E-state index is 6.13. The van der Waals surface area contributed by atoms with E-state index in [1.54, 1.807) is 0 Å². The number of epoxide rings is 1. The number of benzene rings is 2. The van der Waals surface area contributed by atoms with Gasteiger partial charge < -0.3 is 4.74 Å². The highest BCUT2D eigenvalue weighted by Crippen LogP contribution is 2.54. The van der Waals surface area contributed by atoms with E-state index in [4.69, 9.17) is 4.74 Å². The molecule has 130 valence electrons. The highest BCUT2D eigenvalue weighted by Gasteiger charge is 2.61. The molecule has 0 N–H and O–H groups in total. The molecular weight excluding hydrogens is 310 g/mol. The average Bonchev–Trinajstić information content (AvgIpc) is 3.27. The number of aryl methyl sites for hydroxylation is 2. The minimum Gasteiger partial charge on any atom is -0.366 e. The molecule has 4 rings (SSSR count). The number of para-hydroxylation sites is 1. The van der Waals surface area contributed by atoms with Crippen LogP contribution >= 0.6 is 0 Å². The molecule has 2 heterocycles. The lowest BCUT2D eigenvalue weighted by atomic mass is 9.74. The lowest BCUT2D eigenvalue weighted by molar-refractivity contribution is 0.108. The summed E-state index contributed by atoms with van der Waals surface area (Å²) in [5.74, 6) is 0. The quantitative estimate of drug-likeness (QED) is 0.664. The van der Waals surface area contributed by atoms with Gasteiger partial charge in [-0.3, -0.25) is 0 Å². The van der Waals surface area contributed by atoms with E-state index in [0.29, 0.717) is 0 Å². The van der Waals surface area contributed by atoms with Crippen molar-refractivity contribution < 1.29 is 4.74 Å². The Balaban J connectivity index is 1.95. The fraction of sp³-hybridized carbons (Fsp3) is 0.429. The molecule has 1 fully saturated rings. The monoisotopic (exact) mass is 335 g/mol. The van der Waals surface area contributed by atoms with Crippen molar-refractivity contribution in [2.45, 2.75) is 46.3 Å². The Morgan fingerprint density at radius 2 is 1.80 bits per heavy atom. The Kier molecular flexibility index (Phi) is 3.51. The molecule has 3 aromatic rings. The Hall–Kier alpha value is -2.20. The fourth-order valence-corrected chi connectivity index (χ4v) is 3.70. The topological polar surface area (TPSA) is 43.2 Å². The predicted molar refractivity (Wildman–Crippen MR) is 99.7 cm³/mol. The number of ether oxygens (including phenoxy) is 1. The zero-order valence-corrected chi connectivity index (χ0v) is 15.6. The van der Waals surface area contributed by atoms with E-state index in [1.165, 1.54) is 16.7 Å². The highest BCUT2D eigenvalue weighted by atomic mass is 16.6. The van der Waals surface area contributed by atoms with Gasteiger partial charge in [0.05, 0.1) is 12.1 Å². The lowest BCUT2D eigenvalue weighted by Crippen LogP contribution is -2.40. The third kappa shape index (κ3) is 2.47. The summed E-state index contributed by atoms with van der Waals surface area (Å²) in [5, 5.41) is 8.92. The zero-order chi connectivity index (χ0) is 17.8. The van der Waals surface area contributed by atoms with Gasteiger partial charge in [0.1, 0.15) is 17.2 Å². The van der Waals surface area contributed by atoms with Crippen molar-refractivity contribution in [2.75, 3.05) is 6.61 Å². The molecular formula is C21H25N3O. The lowest BCUT2D eigenvalue weighted by Gasteiger charge is -2.35. The number of aromatic nitrogens is 3. The second-order valence-corrected chi connectivity index (χ2v) is 8.20. The van der Waals surface area contributed by atoms with Crippen LogP contribution in [0.5, 0.6) is 0 Å². The van der Waals surface area contributed by atoms with Crippen molar-refractivity contribution >= 4 is 11.0 Å². The van der Waals surface area contributed by atoms with E-state index < -0.39 is 0 Å². The highest BCUT2D eigenvalue weighted by molar-refractivity contribution is 5.74. The maximum absolute atomic E-state index is 6.13. The van der Waals surface area contributed by atoms with E-state index in [9.17, 15) is 0 Å². The summed E-state index contributed by atoms with van der Waals surface area (Å²) in [6.07, 6.45) is 0. The molecule has 1 aromatic heterocycles. The summed E-state index contributed by atoms with van der Waals surface area (Å²) in [4.78, 5) is 0. The Morgan fingerprint density at radius 1 is 1.08 bits per heavy atom. The van der Waals surface area contributed by atoms with Crippen molar-refractivity contribution in [2.24, 2.45) is 5.41 Å². The molecule has 4 nitrogen and oxygen atoms in total. The van der Waals surface area contributed by atoms with Gasteiger partial charge in [-0.1, -0.05) is 56.3 Å². The van der Waals surface area contributed by atoms with Crippen LogP contribution in [0.25, 0.3) is 11.0 Å². The fourth-order valence-electron chi connectivity index (χ4n) is 3.70. The standard InChI is InChI=1S/C21H25N3O/c1-14-10-11-16(12-15(14)2)19(21(13-25-21)20(3,4)5)24-18-9-7-6-8-17(18)22-23-24/h6-12,19H,13H2,1-5H3/t19-,21+/m1/s1. The first-order valence-electron chi connectivity index (χ1n) is 8.84. The SMILES string of the molecule is Cc1ccc([C@@H](n2nnc3ccccc32)[C@]2(C(C)(C)C)CO2)cc1C. The van der Waals surface area contributed by atoms with Gasteiger partial charge in [-0.15, -0.1) is 5.10 Å². The first kappa shape index (κ1) is 16.3. The normalized spacial score (nSPS) is 21.5. The minimum absolute atomic E-state index is 0.000741. The molecule has 0 aliphatic carbocycles. The first-order valence-corrected chi connectivity index (χ1v) is 8.84. The molecule has 0 amide bonds. The summed E-state index contributed by atoms with van der Waals surface area (Å²) in [6.45, 7) is 11.8. The van der Waals surface area contributed by atoms with Gasteiger partial charge in [0.25, 0.3) is 0 Å². The van der Waals surface area contributed by atoms with Crippen molar-refractivity contribution in [3.63, 3.8) is 0 Å². The number of nitrogens with zero attached hydrogens (tertiary/aromatic N) is 3. The minimum atomic E-state index is -0.273. The molecule has 2 aromatic carbocycles. The number of fused-ring (bicyclic) bond motifs is 1. The van der Waals surface area contributed by atoms with E-state index in [2.05, 4.69) is 73.9 Å². The molecule has 2 atom stereocenters. The predicted octanol–water partition coefficient (Wildman–Crippen LogP) is 4.45. The number of hydrogen-bond acceptors (Lipinski definition) is 3. The van der Waals surface area contributed by atoms with Crippen LogP contribution in [0.1, 0.15) is 43.5 Å². The van der Waals surface area contributed by atoms with Gasteiger partial charge in [0.2, 0.25) is 0 Å². The summed E-state index contributed by atoms with van der Waals surface area (Å²) in [7, 11) is 0. The zero-order valence-electron chi connectivity index (χ0n) is 15.6. The molecule has 4 heteroatoms. The van der Waals surface area contributed by atoms with Crippen molar-refractivity contribution in [1.82, 2.24) is 15.0 Å². The van der Waals surface area contributed by atoms with Crippen LogP contribution in [0.4, 0.5) is 0 Å². The summed E-state index contributed by atoms with van der Waals surface area (Å²) >= 11 is 0. The molecule has 0 spiro atoms. The van der Waals surface area contributed by atoms with E-state index in [1.807, 2.05) is 18.2 Å². The van der Waals surface area contributed by atoms with Crippen molar-refractivity contribution in [3.8, 4) is 0 Å². The number of rotatable bonds is 3. The molecule has 25 heavy (non-hydrogen) atoms. The smallest absolute Gasteiger partial charge is 0.123 e. The second kappa shape index (κ2) is 5.40. The van der Waals surface area contributed by atoms with Crippen LogP contribution in [-0.2, 0) is 4.74 Å². The van der Waals surface area contributed by atoms with E-state index >= 15 is 0 Å². The summed E-state index contributed by atoms with van der Waals surface area (Å²) in [5.41, 5.74) is 5.50. The largest absolute Gasteiger partial charge is 0.366 e. The van der Waals surface area contributed by atoms with Crippen molar-refractivity contribution in [1.29, 1.82) is 0 Å². The summed E-state index contributed by atoms with van der Waals surface area (Å²) in [6, 6.07) is 14.8. The maximum Gasteiger partial charge on any atom is 0.123 e. The van der Waals surface area contributed by atoms with Gasteiger partial charge in [-0.05, 0) is 48.1 Å². The van der Waals surface area contributed by atoms with Crippen molar-refractivity contribution in [3.05, 3.63) is 59.2 Å².